The van der Waals surface area contributed by atoms with Crippen LogP contribution in [0.15, 0.2) is 121 Å². The van der Waals surface area contributed by atoms with E-state index in [1.54, 1.807) is 0 Å². The van der Waals surface area contributed by atoms with Crippen LogP contribution in [0.1, 0.15) is 42.2 Å². The van der Waals surface area contributed by atoms with Gasteiger partial charge in [-0.3, -0.25) is 0 Å². The summed E-state index contributed by atoms with van der Waals surface area (Å²) in [6, 6.07) is 39.9. The van der Waals surface area contributed by atoms with Crippen LogP contribution in [0.5, 0.6) is 0 Å². The summed E-state index contributed by atoms with van der Waals surface area (Å²) < 4.78 is 6.50. The summed E-state index contributed by atoms with van der Waals surface area (Å²) in [6.45, 7) is 4.00. The summed E-state index contributed by atoms with van der Waals surface area (Å²) in [6.07, 6.45) is -0.253. The molecule has 4 aromatic carbocycles. The first-order valence-electron chi connectivity index (χ1n) is 10.9. The SMILES string of the molecule is CC.OC(c1ccccc1)(c1ccccc1)C1(c2ccccc2)OC1c1ccccc1. The zero-order chi connectivity index (χ0) is 21.7. The number of aliphatic hydroxyl groups is 1. The predicted molar refractivity (Wildman–Crippen MR) is 126 cm³/mol. The van der Waals surface area contributed by atoms with Crippen LogP contribution in [0.3, 0.4) is 0 Å². The summed E-state index contributed by atoms with van der Waals surface area (Å²) in [5.74, 6) is 0. The first kappa shape index (κ1) is 21.0. The molecule has 1 heterocycles. The number of hydrogen-bond acceptors (Lipinski definition) is 2. The van der Waals surface area contributed by atoms with Crippen molar-refractivity contribution in [2.24, 2.45) is 0 Å². The molecule has 0 amide bonds. The monoisotopic (exact) mass is 408 g/mol. The highest BCUT2D eigenvalue weighted by Crippen LogP contribution is 2.67. The highest BCUT2D eigenvalue weighted by molar-refractivity contribution is 5.50. The van der Waals surface area contributed by atoms with E-state index < -0.39 is 11.2 Å². The lowest BCUT2D eigenvalue weighted by Crippen LogP contribution is -2.42. The second kappa shape index (κ2) is 8.89. The summed E-state index contributed by atoms with van der Waals surface area (Å²) >= 11 is 0. The van der Waals surface area contributed by atoms with E-state index in [4.69, 9.17) is 4.74 Å². The van der Waals surface area contributed by atoms with Crippen molar-refractivity contribution < 1.29 is 9.84 Å². The quantitative estimate of drug-likeness (QED) is 0.377. The average Bonchev–Trinajstić information content (AvgIpc) is 3.64. The molecule has 0 aliphatic carbocycles. The summed E-state index contributed by atoms with van der Waals surface area (Å²) in [5.41, 5.74) is 1.38. The van der Waals surface area contributed by atoms with Crippen molar-refractivity contribution in [1.82, 2.24) is 0 Å². The molecule has 1 fully saturated rings. The van der Waals surface area contributed by atoms with Gasteiger partial charge in [0, 0.05) is 0 Å². The van der Waals surface area contributed by atoms with E-state index in [-0.39, 0.29) is 6.10 Å². The molecule has 0 radical (unpaired) electrons. The van der Waals surface area contributed by atoms with E-state index in [1.807, 2.05) is 123 Å². The first-order valence-corrected chi connectivity index (χ1v) is 10.9. The van der Waals surface area contributed by atoms with Gasteiger partial charge in [-0.15, -0.1) is 0 Å². The molecule has 1 aliphatic rings. The third kappa shape index (κ3) is 3.48. The van der Waals surface area contributed by atoms with Crippen LogP contribution in [0.4, 0.5) is 0 Å². The van der Waals surface area contributed by atoms with Crippen molar-refractivity contribution in [2.45, 2.75) is 31.2 Å². The second-order valence-electron chi connectivity index (χ2n) is 7.45. The Morgan fingerprint density at radius 3 is 1.45 bits per heavy atom. The summed E-state index contributed by atoms with van der Waals surface area (Å²) in [5, 5.41) is 12.5. The molecule has 0 spiro atoms. The van der Waals surface area contributed by atoms with Crippen LogP contribution in [-0.4, -0.2) is 5.11 Å². The summed E-state index contributed by atoms with van der Waals surface area (Å²) in [7, 11) is 0. The Morgan fingerprint density at radius 2 is 1.00 bits per heavy atom. The smallest absolute Gasteiger partial charge is 0.161 e. The Balaban J connectivity index is 0.00000112. The van der Waals surface area contributed by atoms with Crippen LogP contribution in [0, 0.1) is 0 Å². The fraction of sp³-hybridized carbons (Fsp3) is 0.172. The number of benzene rings is 4. The van der Waals surface area contributed by atoms with Crippen LogP contribution in [0.2, 0.25) is 0 Å². The molecule has 2 heteroatoms. The van der Waals surface area contributed by atoms with Gasteiger partial charge in [0.15, 0.2) is 11.2 Å². The highest BCUT2D eigenvalue weighted by atomic mass is 16.6. The van der Waals surface area contributed by atoms with Gasteiger partial charge in [0.25, 0.3) is 0 Å². The fourth-order valence-electron chi connectivity index (χ4n) is 4.43. The van der Waals surface area contributed by atoms with E-state index in [0.29, 0.717) is 0 Å². The molecule has 1 aliphatic heterocycles. The molecule has 1 saturated heterocycles. The topological polar surface area (TPSA) is 32.8 Å². The van der Waals surface area contributed by atoms with Crippen molar-refractivity contribution in [3.63, 3.8) is 0 Å². The maximum atomic E-state index is 12.5. The standard InChI is InChI=1S/C27H22O2.C2H6/c28-26(22-15-7-2-8-16-22,23-17-9-3-10-18-23)27(24-19-11-4-12-20-24)25(29-27)21-13-5-1-6-14-21;1-2/h1-20,25,28H;1-2H3. The lowest BCUT2D eigenvalue weighted by Gasteiger charge is -2.36. The predicted octanol–water partition coefficient (Wildman–Crippen LogP) is 6.62. The van der Waals surface area contributed by atoms with Crippen molar-refractivity contribution in [3.05, 3.63) is 144 Å². The lowest BCUT2D eigenvalue weighted by molar-refractivity contribution is -0.0101. The second-order valence-corrected chi connectivity index (χ2v) is 7.45. The van der Waals surface area contributed by atoms with Crippen molar-refractivity contribution in [1.29, 1.82) is 0 Å². The zero-order valence-electron chi connectivity index (χ0n) is 18.0. The van der Waals surface area contributed by atoms with E-state index in [9.17, 15) is 5.11 Å². The molecule has 0 aromatic heterocycles. The summed E-state index contributed by atoms with van der Waals surface area (Å²) in [4.78, 5) is 0. The van der Waals surface area contributed by atoms with Crippen molar-refractivity contribution in [3.8, 4) is 0 Å². The molecule has 1 N–H and O–H groups in total. The number of hydrogen-bond donors (Lipinski definition) is 1. The average molecular weight is 409 g/mol. The van der Waals surface area contributed by atoms with Crippen LogP contribution in [0.25, 0.3) is 0 Å². The van der Waals surface area contributed by atoms with Gasteiger partial charge in [0.05, 0.1) is 0 Å². The largest absolute Gasteiger partial charge is 0.377 e. The maximum Gasteiger partial charge on any atom is 0.161 e. The molecular formula is C29H28O2. The molecule has 2 nitrogen and oxygen atoms in total. The van der Waals surface area contributed by atoms with Gasteiger partial charge in [-0.05, 0) is 22.3 Å². The number of ether oxygens (including phenoxy) is 1. The van der Waals surface area contributed by atoms with E-state index >= 15 is 0 Å². The Kier molecular flexibility index (Phi) is 6.03. The van der Waals surface area contributed by atoms with Crippen LogP contribution < -0.4 is 0 Å². The molecule has 4 aromatic rings. The van der Waals surface area contributed by atoms with Crippen LogP contribution in [-0.2, 0) is 15.9 Å². The molecule has 0 saturated carbocycles. The molecule has 31 heavy (non-hydrogen) atoms. The van der Waals surface area contributed by atoms with E-state index in [2.05, 4.69) is 12.1 Å². The van der Waals surface area contributed by atoms with Crippen molar-refractivity contribution in [2.75, 3.05) is 0 Å². The highest BCUT2D eigenvalue weighted by Gasteiger charge is 2.71. The molecule has 156 valence electrons. The minimum absolute atomic E-state index is 0.253. The van der Waals surface area contributed by atoms with E-state index in [0.717, 1.165) is 22.3 Å². The molecule has 2 atom stereocenters. The van der Waals surface area contributed by atoms with Gasteiger partial charge in [-0.1, -0.05) is 135 Å². The molecule has 0 bridgehead atoms. The number of epoxide rings is 1. The Morgan fingerprint density at radius 1 is 0.613 bits per heavy atom. The van der Waals surface area contributed by atoms with Crippen LogP contribution >= 0.6 is 0 Å². The Hall–Kier alpha value is -3.20. The zero-order valence-corrected chi connectivity index (χ0v) is 18.0. The van der Waals surface area contributed by atoms with Gasteiger partial charge in [-0.25, -0.2) is 0 Å². The van der Waals surface area contributed by atoms with Crippen molar-refractivity contribution >= 4 is 0 Å². The minimum Gasteiger partial charge on any atom is -0.377 e. The molecular weight excluding hydrogens is 380 g/mol. The normalized spacial score (nSPS) is 19.8. The van der Waals surface area contributed by atoms with Gasteiger partial charge >= 0.3 is 0 Å². The minimum atomic E-state index is -1.35. The Labute approximate surface area is 184 Å². The lowest BCUT2D eigenvalue weighted by atomic mass is 9.70. The van der Waals surface area contributed by atoms with Gasteiger partial charge in [-0.2, -0.15) is 0 Å². The van der Waals surface area contributed by atoms with Gasteiger partial charge in [0.1, 0.15) is 6.10 Å². The maximum absolute atomic E-state index is 12.5. The Bertz CT molecular complexity index is 1040. The van der Waals surface area contributed by atoms with Gasteiger partial charge < -0.3 is 9.84 Å². The third-order valence-corrected chi connectivity index (χ3v) is 5.84. The third-order valence-electron chi connectivity index (χ3n) is 5.84. The molecule has 5 rings (SSSR count). The molecule has 2 unspecified atom stereocenters. The van der Waals surface area contributed by atoms with Gasteiger partial charge in [0.2, 0.25) is 0 Å². The number of rotatable bonds is 5. The van der Waals surface area contributed by atoms with E-state index in [1.165, 1.54) is 0 Å². The fourth-order valence-corrected chi connectivity index (χ4v) is 4.43. The first-order chi connectivity index (χ1) is 15.3.